The van der Waals surface area contributed by atoms with Gasteiger partial charge in [-0.25, -0.2) is 4.79 Å². The standard InChI is InChI=1S/C19H23BrN2O5S/c1-13(2)22(19(23)21-16-8-6-15(20)7-9-16)12-14-5-10-17(26-3)18(11-14)27-28(4,24)25/h5-11,13H,12H2,1-4H3,(H,21,23). The first kappa shape index (κ1) is 22.0. The normalized spacial score (nSPS) is 11.2. The average molecular weight is 471 g/mol. The van der Waals surface area contributed by atoms with Gasteiger partial charge in [-0.3, -0.25) is 0 Å². The van der Waals surface area contributed by atoms with Gasteiger partial charge < -0.3 is 19.1 Å². The molecule has 0 saturated carbocycles. The number of carbonyl (C=O) groups is 1. The summed E-state index contributed by atoms with van der Waals surface area (Å²) < 4.78 is 34.0. The molecule has 2 rings (SSSR count). The Hall–Kier alpha value is -2.26. The largest absolute Gasteiger partial charge is 0.493 e. The van der Waals surface area contributed by atoms with E-state index in [9.17, 15) is 13.2 Å². The second-order valence-electron chi connectivity index (χ2n) is 6.43. The minimum atomic E-state index is -3.71. The number of benzene rings is 2. The van der Waals surface area contributed by atoms with E-state index in [1.807, 2.05) is 26.0 Å². The second-order valence-corrected chi connectivity index (χ2v) is 8.92. The summed E-state index contributed by atoms with van der Waals surface area (Å²) in [5.74, 6) is 0.379. The monoisotopic (exact) mass is 470 g/mol. The highest BCUT2D eigenvalue weighted by atomic mass is 79.9. The summed E-state index contributed by atoms with van der Waals surface area (Å²) in [6, 6.07) is 11.9. The van der Waals surface area contributed by atoms with Crippen LogP contribution in [0.25, 0.3) is 0 Å². The van der Waals surface area contributed by atoms with Gasteiger partial charge in [-0.05, 0) is 55.8 Å². The molecule has 7 nitrogen and oxygen atoms in total. The summed E-state index contributed by atoms with van der Waals surface area (Å²) in [4.78, 5) is 14.4. The molecule has 2 amide bonds. The lowest BCUT2D eigenvalue weighted by molar-refractivity contribution is 0.193. The van der Waals surface area contributed by atoms with Gasteiger partial charge in [0.05, 0.1) is 13.4 Å². The van der Waals surface area contributed by atoms with Gasteiger partial charge in [-0.2, -0.15) is 8.42 Å². The van der Waals surface area contributed by atoms with E-state index in [0.29, 0.717) is 17.0 Å². The maximum Gasteiger partial charge on any atom is 0.322 e. The van der Waals surface area contributed by atoms with Crippen molar-refractivity contribution in [1.82, 2.24) is 4.90 Å². The first-order valence-corrected chi connectivity index (χ1v) is 11.1. The molecule has 0 fully saturated rings. The van der Waals surface area contributed by atoms with E-state index in [1.54, 1.807) is 35.2 Å². The van der Waals surface area contributed by atoms with Crippen LogP contribution in [-0.2, 0) is 16.7 Å². The van der Waals surface area contributed by atoms with Crippen LogP contribution < -0.4 is 14.2 Å². The van der Waals surface area contributed by atoms with Crippen molar-refractivity contribution >= 4 is 37.8 Å². The second kappa shape index (κ2) is 9.29. The molecule has 0 radical (unpaired) electrons. The SMILES string of the molecule is COc1ccc(CN(C(=O)Nc2ccc(Br)cc2)C(C)C)cc1OS(C)(=O)=O. The lowest BCUT2D eigenvalue weighted by Gasteiger charge is -2.27. The molecule has 0 aliphatic carbocycles. The van der Waals surface area contributed by atoms with Crippen molar-refractivity contribution in [3.8, 4) is 11.5 Å². The quantitative estimate of drug-likeness (QED) is 0.611. The van der Waals surface area contributed by atoms with Crippen LogP contribution in [0, 0.1) is 0 Å². The summed E-state index contributed by atoms with van der Waals surface area (Å²) in [5, 5.41) is 2.86. The van der Waals surface area contributed by atoms with Crippen molar-refractivity contribution in [1.29, 1.82) is 0 Å². The molecule has 0 aliphatic heterocycles. The Balaban J connectivity index is 2.22. The fraction of sp³-hybridized carbons (Fsp3) is 0.316. The first-order valence-electron chi connectivity index (χ1n) is 8.48. The van der Waals surface area contributed by atoms with Crippen LogP contribution >= 0.6 is 15.9 Å². The molecular weight excluding hydrogens is 448 g/mol. The number of methoxy groups -OCH3 is 1. The molecule has 9 heteroatoms. The van der Waals surface area contributed by atoms with Crippen LogP contribution in [0.1, 0.15) is 19.4 Å². The number of amides is 2. The van der Waals surface area contributed by atoms with Gasteiger partial charge in [-0.1, -0.05) is 22.0 Å². The number of ether oxygens (including phenoxy) is 1. The van der Waals surface area contributed by atoms with Crippen LogP contribution in [0.5, 0.6) is 11.5 Å². The molecule has 0 heterocycles. The van der Waals surface area contributed by atoms with E-state index in [2.05, 4.69) is 21.2 Å². The average Bonchev–Trinajstić information content (AvgIpc) is 2.60. The fourth-order valence-electron chi connectivity index (χ4n) is 2.46. The third-order valence-corrected chi connectivity index (χ3v) is 4.81. The summed E-state index contributed by atoms with van der Waals surface area (Å²) in [7, 11) is -2.28. The molecule has 0 saturated heterocycles. The molecular formula is C19H23BrN2O5S. The van der Waals surface area contributed by atoms with Crippen molar-refractivity contribution in [3.05, 3.63) is 52.5 Å². The maximum absolute atomic E-state index is 12.7. The molecule has 1 N–H and O–H groups in total. The Bertz CT molecular complexity index is 930. The molecule has 152 valence electrons. The van der Waals surface area contributed by atoms with Gasteiger partial charge in [0, 0.05) is 22.7 Å². The van der Waals surface area contributed by atoms with E-state index >= 15 is 0 Å². The van der Waals surface area contributed by atoms with Gasteiger partial charge in [0.1, 0.15) is 0 Å². The minimum absolute atomic E-state index is 0.0829. The Morgan fingerprint density at radius 2 is 1.79 bits per heavy atom. The van der Waals surface area contributed by atoms with E-state index in [-0.39, 0.29) is 24.4 Å². The maximum atomic E-state index is 12.7. The third kappa shape index (κ3) is 6.42. The minimum Gasteiger partial charge on any atom is -0.493 e. The molecule has 0 unspecified atom stereocenters. The highest BCUT2D eigenvalue weighted by Gasteiger charge is 2.19. The number of rotatable bonds is 7. The van der Waals surface area contributed by atoms with Gasteiger partial charge >= 0.3 is 16.1 Å². The number of halogens is 1. The smallest absolute Gasteiger partial charge is 0.322 e. The van der Waals surface area contributed by atoms with Gasteiger partial charge in [0.2, 0.25) is 0 Å². The Labute approximate surface area is 173 Å². The number of hydrogen-bond acceptors (Lipinski definition) is 5. The highest BCUT2D eigenvalue weighted by molar-refractivity contribution is 9.10. The molecule has 0 bridgehead atoms. The van der Waals surface area contributed by atoms with Crippen molar-refractivity contribution < 1.29 is 22.1 Å². The van der Waals surface area contributed by atoms with Gasteiger partial charge in [-0.15, -0.1) is 0 Å². The van der Waals surface area contributed by atoms with Crippen molar-refractivity contribution in [2.24, 2.45) is 0 Å². The summed E-state index contributed by atoms with van der Waals surface area (Å²) in [6.07, 6.45) is 0.963. The Morgan fingerprint density at radius 1 is 1.14 bits per heavy atom. The predicted octanol–water partition coefficient (Wildman–Crippen LogP) is 4.24. The molecule has 0 aromatic heterocycles. The lowest BCUT2D eigenvalue weighted by Crippen LogP contribution is -2.39. The van der Waals surface area contributed by atoms with Crippen LogP contribution in [-0.4, -0.2) is 38.8 Å². The number of nitrogens with one attached hydrogen (secondary N) is 1. The molecule has 28 heavy (non-hydrogen) atoms. The van der Waals surface area contributed by atoms with E-state index in [4.69, 9.17) is 8.92 Å². The lowest BCUT2D eigenvalue weighted by atomic mass is 10.1. The van der Waals surface area contributed by atoms with Crippen LogP contribution in [0.2, 0.25) is 0 Å². The molecule has 0 aliphatic rings. The zero-order chi connectivity index (χ0) is 20.9. The van der Waals surface area contributed by atoms with Gasteiger partial charge in [0.25, 0.3) is 0 Å². The van der Waals surface area contributed by atoms with Crippen molar-refractivity contribution in [2.75, 3.05) is 18.7 Å². The number of anilines is 1. The number of hydrogen-bond donors (Lipinski definition) is 1. The van der Waals surface area contributed by atoms with E-state index in [1.165, 1.54) is 7.11 Å². The predicted molar refractivity (Wildman–Crippen MR) is 112 cm³/mol. The Morgan fingerprint density at radius 3 is 2.32 bits per heavy atom. The fourth-order valence-corrected chi connectivity index (χ4v) is 3.18. The van der Waals surface area contributed by atoms with E-state index < -0.39 is 10.1 Å². The third-order valence-electron chi connectivity index (χ3n) is 3.80. The first-order chi connectivity index (χ1) is 13.1. The zero-order valence-electron chi connectivity index (χ0n) is 16.1. The summed E-state index contributed by atoms with van der Waals surface area (Å²) in [5.41, 5.74) is 1.38. The molecule has 0 atom stereocenters. The van der Waals surface area contributed by atoms with Crippen molar-refractivity contribution in [2.45, 2.75) is 26.4 Å². The molecule has 2 aromatic carbocycles. The zero-order valence-corrected chi connectivity index (χ0v) is 18.5. The molecule has 0 spiro atoms. The van der Waals surface area contributed by atoms with Gasteiger partial charge in [0.15, 0.2) is 11.5 Å². The summed E-state index contributed by atoms with van der Waals surface area (Å²) in [6.45, 7) is 4.07. The number of carbonyl (C=O) groups excluding carboxylic acids is 1. The highest BCUT2D eigenvalue weighted by Crippen LogP contribution is 2.30. The summed E-state index contributed by atoms with van der Waals surface area (Å²) >= 11 is 3.36. The molecule has 2 aromatic rings. The topological polar surface area (TPSA) is 84.9 Å². The van der Waals surface area contributed by atoms with Crippen molar-refractivity contribution in [3.63, 3.8) is 0 Å². The number of nitrogens with zero attached hydrogens (tertiary/aromatic N) is 1. The van der Waals surface area contributed by atoms with Crippen LogP contribution in [0.3, 0.4) is 0 Å². The van der Waals surface area contributed by atoms with Crippen LogP contribution in [0.4, 0.5) is 10.5 Å². The number of urea groups is 1. The van der Waals surface area contributed by atoms with E-state index in [0.717, 1.165) is 10.7 Å². The Kier molecular flexibility index (Phi) is 7.31. The van der Waals surface area contributed by atoms with Crippen LogP contribution in [0.15, 0.2) is 46.9 Å².